The van der Waals surface area contributed by atoms with Gasteiger partial charge in [-0.2, -0.15) is 4.98 Å². The van der Waals surface area contributed by atoms with Crippen molar-refractivity contribution in [3.63, 3.8) is 0 Å². The van der Waals surface area contributed by atoms with Gasteiger partial charge >= 0.3 is 0 Å². The molecule has 2 heterocycles. The number of para-hydroxylation sites is 2. The van der Waals surface area contributed by atoms with Crippen molar-refractivity contribution in [2.75, 3.05) is 5.32 Å². The molecule has 0 saturated carbocycles. The molecule has 1 aromatic carbocycles. The summed E-state index contributed by atoms with van der Waals surface area (Å²) in [6.45, 7) is 2.23. The first-order valence-electron chi connectivity index (χ1n) is 9.23. The van der Waals surface area contributed by atoms with Gasteiger partial charge in [0.2, 0.25) is 5.95 Å². The third kappa shape index (κ3) is 2.51. The highest BCUT2D eigenvalue weighted by Crippen LogP contribution is 2.39. The smallest absolute Gasteiger partial charge is 0.224 e. The van der Waals surface area contributed by atoms with Crippen molar-refractivity contribution in [3.8, 4) is 5.82 Å². The summed E-state index contributed by atoms with van der Waals surface area (Å²) in [6, 6.07) is 10.3. The van der Waals surface area contributed by atoms with E-state index in [0.717, 1.165) is 16.9 Å². The van der Waals surface area contributed by atoms with E-state index in [1.807, 2.05) is 35.2 Å². The summed E-state index contributed by atoms with van der Waals surface area (Å²) < 4.78 is 2.00. The van der Waals surface area contributed by atoms with E-state index in [0.29, 0.717) is 17.9 Å². The summed E-state index contributed by atoms with van der Waals surface area (Å²) in [4.78, 5) is 13.6. The van der Waals surface area contributed by atoms with Crippen LogP contribution in [0.25, 0.3) is 16.9 Å². The lowest BCUT2D eigenvalue weighted by atomic mass is 9.74. The number of aromatic nitrogens is 4. The van der Waals surface area contributed by atoms with Gasteiger partial charge in [0.15, 0.2) is 0 Å². The molecule has 3 aromatic rings. The molecule has 5 rings (SSSR count). The van der Waals surface area contributed by atoms with Crippen LogP contribution in [0.1, 0.15) is 27.6 Å². The number of benzene rings is 1. The Balaban J connectivity index is 0.00000180. The maximum atomic E-state index is 4.73. The molecule has 0 spiro atoms. The molecule has 0 amide bonds. The zero-order valence-electron chi connectivity index (χ0n) is 14.8. The molecule has 0 saturated heterocycles. The standard InChI is InChI=1S/C21H21N5.H2/c1-14(16-6-4-5-15-9-10-17(15)16)24-21-22-12-11-20(25-21)26-13-23-18-7-2-3-8-19(18)26;/h2-3,7-14,16H,4-6H2,1H3,(H,22,24,25);1H. The van der Waals surface area contributed by atoms with E-state index in [1.165, 1.54) is 30.4 Å². The highest BCUT2D eigenvalue weighted by molar-refractivity contribution is 5.76. The zero-order chi connectivity index (χ0) is 17.5. The second-order valence-corrected chi connectivity index (χ2v) is 7.09. The van der Waals surface area contributed by atoms with Crippen LogP contribution in [-0.4, -0.2) is 25.6 Å². The fourth-order valence-electron chi connectivity index (χ4n) is 4.07. The lowest BCUT2D eigenvalue weighted by molar-refractivity contribution is 0.455. The molecule has 2 aliphatic rings. The van der Waals surface area contributed by atoms with Crippen LogP contribution in [-0.2, 0) is 0 Å². The summed E-state index contributed by atoms with van der Waals surface area (Å²) >= 11 is 0. The second kappa shape index (κ2) is 6.09. The molecule has 132 valence electrons. The van der Waals surface area contributed by atoms with E-state index in [2.05, 4.69) is 40.4 Å². The minimum atomic E-state index is 0. The predicted molar refractivity (Wildman–Crippen MR) is 105 cm³/mol. The first kappa shape index (κ1) is 15.3. The van der Waals surface area contributed by atoms with E-state index in [1.54, 1.807) is 6.20 Å². The van der Waals surface area contributed by atoms with Crippen molar-refractivity contribution in [2.24, 2.45) is 5.92 Å². The first-order chi connectivity index (χ1) is 12.8. The average molecular weight is 345 g/mol. The van der Waals surface area contributed by atoms with E-state index < -0.39 is 0 Å². The molecule has 5 nitrogen and oxygen atoms in total. The summed E-state index contributed by atoms with van der Waals surface area (Å²) in [5.41, 5.74) is 5.07. The monoisotopic (exact) mass is 345 g/mol. The maximum absolute atomic E-state index is 4.73. The molecule has 2 aliphatic carbocycles. The van der Waals surface area contributed by atoms with Gasteiger partial charge in [0.25, 0.3) is 0 Å². The molecule has 0 aliphatic heterocycles. The van der Waals surface area contributed by atoms with Crippen molar-refractivity contribution in [3.05, 3.63) is 66.2 Å². The summed E-state index contributed by atoms with van der Waals surface area (Å²) in [6.07, 6.45) is 11.9. The van der Waals surface area contributed by atoms with Crippen LogP contribution in [0.5, 0.6) is 0 Å². The Kier molecular flexibility index (Phi) is 3.59. The number of hydrogen-bond donors (Lipinski definition) is 1. The highest BCUT2D eigenvalue weighted by Gasteiger charge is 2.29. The van der Waals surface area contributed by atoms with E-state index >= 15 is 0 Å². The Morgan fingerprint density at radius 1 is 1.19 bits per heavy atom. The average Bonchev–Trinajstić information content (AvgIpc) is 3.07. The lowest BCUT2D eigenvalue weighted by Crippen LogP contribution is -2.31. The minimum absolute atomic E-state index is 0. The molecule has 0 radical (unpaired) electrons. The summed E-state index contributed by atoms with van der Waals surface area (Å²) in [5, 5.41) is 3.52. The third-order valence-corrected chi connectivity index (χ3v) is 5.50. The van der Waals surface area contributed by atoms with Gasteiger partial charge in [-0.15, -0.1) is 0 Å². The highest BCUT2D eigenvalue weighted by atomic mass is 15.2. The molecule has 2 unspecified atom stereocenters. The molecular formula is C21H23N5. The van der Waals surface area contributed by atoms with Crippen molar-refractivity contribution >= 4 is 17.0 Å². The second-order valence-electron chi connectivity index (χ2n) is 7.09. The van der Waals surface area contributed by atoms with Crippen LogP contribution in [0.3, 0.4) is 0 Å². The van der Waals surface area contributed by atoms with Gasteiger partial charge in [0, 0.05) is 19.6 Å². The Bertz CT molecular complexity index is 1040. The number of imidazole rings is 1. The quantitative estimate of drug-likeness (QED) is 0.755. The molecule has 5 heteroatoms. The normalized spacial score (nSPS) is 20.0. The number of nitrogens with one attached hydrogen (secondary N) is 1. The molecule has 2 aromatic heterocycles. The van der Waals surface area contributed by atoms with Crippen LogP contribution >= 0.6 is 0 Å². The topological polar surface area (TPSA) is 55.6 Å². The van der Waals surface area contributed by atoms with Crippen LogP contribution in [0.2, 0.25) is 0 Å². The molecule has 0 fully saturated rings. The van der Waals surface area contributed by atoms with Gasteiger partial charge in [-0.05, 0) is 55.5 Å². The van der Waals surface area contributed by atoms with E-state index in [9.17, 15) is 0 Å². The number of allylic oxidation sites excluding steroid dienone is 3. The van der Waals surface area contributed by atoms with Gasteiger partial charge in [-0.3, -0.25) is 4.57 Å². The van der Waals surface area contributed by atoms with Crippen molar-refractivity contribution in [1.82, 2.24) is 19.5 Å². The Hall–Kier alpha value is -2.95. The van der Waals surface area contributed by atoms with Gasteiger partial charge in [-0.1, -0.05) is 24.3 Å². The molecule has 2 atom stereocenters. The van der Waals surface area contributed by atoms with Gasteiger partial charge < -0.3 is 5.32 Å². The largest absolute Gasteiger partial charge is 0.351 e. The third-order valence-electron chi connectivity index (χ3n) is 5.50. The molecular weight excluding hydrogens is 322 g/mol. The van der Waals surface area contributed by atoms with Crippen molar-refractivity contribution in [1.29, 1.82) is 0 Å². The van der Waals surface area contributed by atoms with Crippen LogP contribution in [0.4, 0.5) is 5.95 Å². The first-order valence-corrected chi connectivity index (χ1v) is 9.23. The zero-order valence-corrected chi connectivity index (χ0v) is 14.8. The SMILES string of the molecule is CC(Nc1nccc(-n2cnc3ccccc32)n1)C1CCCC2=C1C=C2.[HH]. The minimum Gasteiger partial charge on any atom is -0.351 e. The van der Waals surface area contributed by atoms with Gasteiger partial charge in [0.05, 0.1) is 11.0 Å². The van der Waals surface area contributed by atoms with Gasteiger partial charge in [0.1, 0.15) is 12.1 Å². The fraction of sp³-hybridized carbons (Fsp3) is 0.286. The molecule has 26 heavy (non-hydrogen) atoms. The molecule has 0 bridgehead atoms. The summed E-state index contributed by atoms with van der Waals surface area (Å²) in [5.74, 6) is 2.05. The van der Waals surface area contributed by atoms with Crippen molar-refractivity contribution < 1.29 is 1.43 Å². The predicted octanol–water partition coefficient (Wildman–Crippen LogP) is 4.53. The molecule has 1 N–H and O–H groups in total. The van der Waals surface area contributed by atoms with Crippen LogP contribution in [0.15, 0.2) is 66.2 Å². The van der Waals surface area contributed by atoms with Crippen molar-refractivity contribution in [2.45, 2.75) is 32.2 Å². The number of nitrogens with zero attached hydrogens (tertiary/aromatic N) is 4. The Labute approximate surface area is 154 Å². The number of fused-ring (bicyclic) bond motifs is 1. The Morgan fingerprint density at radius 3 is 3.00 bits per heavy atom. The lowest BCUT2D eigenvalue weighted by Gasteiger charge is -2.34. The summed E-state index contributed by atoms with van der Waals surface area (Å²) in [7, 11) is 0. The Morgan fingerprint density at radius 2 is 2.12 bits per heavy atom. The van der Waals surface area contributed by atoms with E-state index in [-0.39, 0.29) is 1.43 Å². The van der Waals surface area contributed by atoms with Gasteiger partial charge in [-0.25, -0.2) is 9.97 Å². The van der Waals surface area contributed by atoms with E-state index in [4.69, 9.17) is 4.98 Å². The number of anilines is 1. The fourth-order valence-corrected chi connectivity index (χ4v) is 4.07. The number of rotatable bonds is 4. The van der Waals surface area contributed by atoms with Crippen LogP contribution < -0.4 is 5.32 Å². The number of hydrogen-bond acceptors (Lipinski definition) is 4. The van der Waals surface area contributed by atoms with Crippen LogP contribution in [0, 0.1) is 5.92 Å². The maximum Gasteiger partial charge on any atom is 0.224 e.